The van der Waals surface area contributed by atoms with Crippen molar-refractivity contribution in [3.8, 4) is 0 Å². The summed E-state index contributed by atoms with van der Waals surface area (Å²) < 4.78 is 5.36. The van der Waals surface area contributed by atoms with Gasteiger partial charge in [-0.15, -0.1) is 0 Å². The largest absolute Gasteiger partial charge is 0.459 e. The average Bonchev–Trinajstić information content (AvgIpc) is 3.19. The molecule has 1 aromatic carbocycles. The maximum absolute atomic E-state index is 12.2. The number of rotatable bonds is 5. The Labute approximate surface area is 170 Å². The van der Waals surface area contributed by atoms with Gasteiger partial charge in [0.15, 0.2) is 11.7 Å². The summed E-state index contributed by atoms with van der Waals surface area (Å²) in [5.41, 5.74) is 1.77. The van der Waals surface area contributed by atoms with Crippen molar-refractivity contribution in [1.82, 2.24) is 10.2 Å². The lowest BCUT2D eigenvalue weighted by atomic mass is 10.2. The lowest BCUT2D eigenvalue weighted by Gasteiger charge is -2.39. The molecule has 1 fully saturated rings. The van der Waals surface area contributed by atoms with E-state index in [0.29, 0.717) is 12.3 Å². The van der Waals surface area contributed by atoms with Crippen LogP contribution in [0.25, 0.3) is 0 Å². The van der Waals surface area contributed by atoms with Crippen LogP contribution < -0.4 is 10.6 Å². The number of anilines is 1. The molecule has 2 heterocycles. The number of carbonyl (C=O) groups is 1. The van der Waals surface area contributed by atoms with E-state index in [2.05, 4.69) is 36.3 Å². The minimum absolute atomic E-state index is 0.227. The van der Waals surface area contributed by atoms with E-state index in [0.717, 1.165) is 42.6 Å². The third kappa shape index (κ3) is 5.55. The van der Waals surface area contributed by atoms with Crippen LogP contribution in [0.1, 0.15) is 36.9 Å². The van der Waals surface area contributed by atoms with Gasteiger partial charge in [0.25, 0.3) is 5.91 Å². The van der Waals surface area contributed by atoms with Crippen LogP contribution in [0.2, 0.25) is 0 Å². The van der Waals surface area contributed by atoms with Gasteiger partial charge in [0.2, 0.25) is 0 Å². The molecule has 1 saturated heterocycles. The highest BCUT2D eigenvalue weighted by Gasteiger charge is 2.28. The minimum atomic E-state index is -0.257. The van der Waals surface area contributed by atoms with E-state index in [1.807, 2.05) is 36.0 Å². The molecule has 2 aromatic rings. The number of amides is 1. The molecule has 0 unspecified atom stereocenters. The topological polar surface area (TPSA) is 69.9 Å². The number of benzene rings is 1. The third-order valence-electron chi connectivity index (χ3n) is 4.40. The lowest BCUT2D eigenvalue weighted by molar-refractivity contribution is 0.0996. The molecule has 3 rings (SSSR count). The Balaban J connectivity index is 1.68. The molecular formula is C21H28N4O2S. The van der Waals surface area contributed by atoms with Crippen LogP contribution in [0.4, 0.5) is 5.69 Å². The molecule has 150 valence electrons. The van der Waals surface area contributed by atoms with Gasteiger partial charge in [-0.3, -0.25) is 4.79 Å². The van der Waals surface area contributed by atoms with Gasteiger partial charge in [0, 0.05) is 35.8 Å². The number of guanidine groups is 1. The summed E-state index contributed by atoms with van der Waals surface area (Å²) in [6, 6.07) is 11.1. The molecule has 7 heteroatoms. The quantitative estimate of drug-likeness (QED) is 0.590. The summed E-state index contributed by atoms with van der Waals surface area (Å²) in [4.78, 5) is 19.3. The maximum atomic E-state index is 12.2. The first-order valence-electron chi connectivity index (χ1n) is 9.58. The molecule has 0 aliphatic carbocycles. The predicted molar refractivity (Wildman–Crippen MR) is 116 cm³/mol. The molecule has 0 spiro atoms. The van der Waals surface area contributed by atoms with Crippen LogP contribution in [0, 0.1) is 0 Å². The van der Waals surface area contributed by atoms with Crippen molar-refractivity contribution in [3.63, 3.8) is 0 Å². The van der Waals surface area contributed by atoms with E-state index in [1.54, 1.807) is 12.1 Å². The van der Waals surface area contributed by atoms with Crippen LogP contribution >= 0.6 is 11.8 Å². The van der Waals surface area contributed by atoms with E-state index >= 15 is 0 Å². The normalized spacial score (nSPS) is 16.7. The zero-order chi connectivity index (χ0) is 20.0. The standard InChI is InChI=1S/C21H28N4O2S/c1-4-22-20(25-10-12-28-21(2,3)15-25)23-14-16-7-5-8-17(13-16)24-19(26)18-9-6-11-27-18/h5-9,11,13H,4,10,12,14-15H2,1-3H3,(H,22,23)(H,24,26). The second kappa shape index (κ2) is 9.19. The van der Waals surface area contributed by atoms with Gasteiger partial charge in [0.1, 0.15) is 0 Å². The molecule has 1 aromatic heterocycles. The van der Waals surface area contributed by atoms with E-state index in [4.69, 9.17) is 9.41 Å². The zero-order valence-electron chi connectivity index (χ0n) is 16.7. The highest BCUT2D eigenvalue weighted by molar-refractivity contribution is 8.00. The van der Waals surface area contributed by atoms with Crippen molar-refractivity contribution in [1.29, 1.82) is 0 Å². The van der Waals surface area contributed by atoms with Gasteiger partial charge in [-0.2, -0.15) is 11.8 Å². The Morgan fingerprint density at radius 1 is 1.32 bits per heavy atom. The number of carbonyl (C=O) groups excluding carboxylic acids is 1. The van der Waals surface area contributed by atoms with Crippen LogP contribution in [-0.2, 0) is 6.54 Å². The summed E-state index contributed by atoms with van der Waals surface area (Å²) in [7, 11) is 0. The second-order valence-corrected chi connectivity index (χ2v) is 9.13. The SMILES string of the molecule is CCNC(=NCc1cccc(NC(=O)c2ccco2)c1)N1CCSC(C)(C)C1. The fourth-order valence-electron chi connectivity index (χ4n) is 3.14. The molecule has 0 saturated carbocycles. The van der Waals surface area contributed by atoms with Crippen LogP contribution in [0.3, 0.4) is 0 Å². The molecule has 0 atom stereocenters. The Morgan fingerprint density at radius 3 is 2.89 bits per heavy atom. The smallest absolute Gasteiger partial charge is 0.291 e. The summed E-state index contributed by atoms with van der Waals surface area (Å²) in [6.45, 7) is 10.0. The van der Waals surface area contributed by atoms with Gasteiger partial charge >= 0.3 is 0 Å². The highest BCUT2D eigenvalue weighted by atomic mass is 32.2. The fraction of sp³-hybridized carbons (Fsp3) is 0.429. The number of furan rings is 1. The predicted octanol–water partition coefficient (Wildman–Crippen LogP) is 3.82. The van der Waals surface area contributed by atoms with Crippen molar-refractivity contribution in [3.05, 3.63) is 54.0 Å². The Bertz CT molecular complexity index is 818. The molecule has 0 bridgehead atoms. The zero-order valence-corrected chi connectivity index (χ0v) is 17.5. The molecule has 1 amide bonds. The van der Waals surface area contributed by atoms with Gasteiger partial charge in [0.05, 0.1) is 12.8 Å². The van der Waals surface area contributed by atoms with Crippen LogP contribution in [0.15, 0.2) is 52.1 Å². The molecule has 28 heavy (non-hydrogen) atoms. The lowest BCUT2D eigenvalue weighted by Crippen LogP contribution is -2.50. The number of hydrogen-bond donors (Lipinski definition) is 2. The van der Waals surface area contributed by atoms with Crippen molar-refractivity contribution in [2.24, 2.45) is 4.99 Å². The summed E-state index contributed by atoms with van der Waals surface area (Å²) in [5, 5.41) is 6.27. The molecule has 1 aliphatic rings. The summed E-state index contributed by atoms with van der Waals surface area (Å²) >= 11 is 2.01. The van der Waals surface area contributed by atoms with Crippen molar-refractivity contribution in [2.45, 2.75) is 32.1 Å². The third-order valence-corrected chi connectivity index (χ3v) is 5.70. The Kier molecular flexibility index (Phi) is 6.67. The average molecular weight is 401 g/mol. The first-order valence-corrected chi connectivity index (χ1v) is 10.6. The Morgan fingerprint density at radius 2 is 2.18 bits per heavy atom. The van der Waals surface area contributed by atoms with Gasteiger partial charge in [-0.05, 0) is 50.6 Å². The summed E-state index contributed by atoms with van der Waals surface area (Å²) in [5.74, 6) is 2.09. The molecule has 1 aliphatic heterocycles. The maximum Gasteiger partial charge on any atom is 0.291 e. The van der Waals surface area contributed by atoms with E-state index in [1.165, 1.54) is 6.26 Å². The van der Waals surface area contributed by atoms with Gasteiger partial charge in [-0.1, -0.05) is 12.1 Å². The number of nitrogens with one attached hydrogen (secondary N) is 2. The number of thioether (sulfide) groups is 1. The monoisotopic (exact) mass is 400 g/mol. The molecule has 2 N–H and O–H groups in total. The number of nitrogens with zero attached hydrogens (tertiary/aromatic N) is 2. The van der Waals surface area contributed by atoms with Crippen molar-refractivity contribution in [2.75, 3.05) is 30.7 Å². The van der Waals surface area contributed by atoms with Crippen LogP contribution in [-0.4, -0.2) is 46.9 Å². The first kappa shape index (κ1) is 20.3. The van der Waals surface area contributed by atoms with Gasteiger partial charge in [-0.25, -0.2) is 4.99 Å². The van der Waals surface area contributed by atoms with Crippen molar-refractivity contribution >= 4 is 29.3 Å². The highest BCUT2D eigenvalue weighted by Crippen LogP contribution is 2.29. The molecule has 0 radical (unpaired) electrons. The molecule has 6 nitrogen and oxygen atoms in total. The first-order chi connectivity index (χ1) is 13.5. The summed E-state index contributed by atoms with van der Waals surface area (Å²) in [6.07, 6.45) is 1.49. The number of hydrogen-bond acceptors (Lipinski definition) is 4. The minimum Gasteiger partial charge on any atom is -0.459 e. The van der Waals surface area contributed by atoms with E-state index in [9.17, 15) is 4.79 Å². The second-order valence-electron chi connectivity index (χ2n) is 7.33. The van der Waals surface area contributed by atoms with Crippen molar-refractivity contribution < 1.29 is 9.21 Å². The van der Waals surface area contributed by atoms with Gasteiger partial charge < -0.3 is 20.0 Å². The van der Waals surface area contributed by atoms with E-state index < -0.39 is 0 Å². The fourth-order valence-corrected chi connectivity index (χ4v) is 4.25. The Hall–Kier alpha value is -2.41. The van der Waals surface area contributed by atoms with E-state index in [-0.39, 0.29) is 10.7 Å². The van der Waals surface area contributed by atoms with Crippen LogP contribution in [0.5, 0.6) is 0 Å². The molecular weight excluding hydrogens is 372 g/mol. The number of aliphatic imine (C=N–C) groups is 1.